The summed E-state index contributed by atoms with van der Waals surface area (Å²) in [5.41, 5.74) is 1.83. The zero-order chi connectivity index (χ0) is 15.4. The maximum Gasteiger partial charge on any atom is 0.323 e. The molecule has 0 fully saturated rings. The Kier molecular flexibility index (Phi) is 3.71. The predicted molar refractivity (Wildman–Crippen MR) is 87.7 cm³/mol. The Morgan fingerprint density at radius 2 is 1.68 bits per heavy atom. The van der Waals surface area contributed by atoms with E-state index in [-0.39, 0.29) is 6.03 Å². The summed E-state index contributed by atoms with van der Waals surface area (Å²) in [6.07, 6.45) is 0. The number of anilines is 2. The molecule has 0 spiro atoms. The molecular formula is C18H13N3O. The molecule has 4 heteroatoms. The first-order valence-electron chi connectivity index (χ1n) is 6.82. The van der Waals surface area contributed by atoms with Gasteiger partial charge in [0.2, 0.25) is 0 Å². The first-order chi connectivity index (χ1) is 10.8. The van der Waals surface area contributed by atoms with Crippen LogP contribution in [0.15, 0.2) is 66.7 Å². The zero-order valence-electron chi connectivity index (χ0n) is 11.7. The number of nitrogens with zero attached hydrogens (tertiary/aromatic N) is 1. The van der Waals surface area contributed by atoms with Gasteiger partial charge in [0, 0.05) is 11.1 Å². The summed E-state index contributed by atoms with van der Waals surface area (Å²) < 4.78 is 0. The van der Waals surface area contributed by atoms with Gasteiger partial charge in [-0.3, -0.25) is 0 Å². The van der Waals surface area contributed by atoms with Crippen LogP contribution >= 0.6 is 0 Å². The van der Waals surface area contributed by atoms with Crippen LogP contribution in [0, 0.1) is 11.3 Å². The summed E-state index contributed by atoms with van der Waals surface area (Å²) in [6.45, 7) is 0. The lowest BCUT2D eigenvalue weighted by atomic mass is 10.1. The summed E-state index contributed by atoms with van der Waals surface area (Å²) in [4.78, 5) is 12.1. The normalized spacial score (nSPS) is 9.95. The number of benzene rings is 3. The Balaban J connectivity index is 1.80. The van der Waals surface area contributed by atoms with Crippen molar-refractivity contribution in [2.45, 2.75) is 0 Å². The number of rotatable bonds is 2. The van der Waals surface area contributed by atoms with Crippen molar-refractivity contribution in [3.8, 4) is 6.07 Å². The molecule has 0 atom stereocenters. The van der Waals surface area contributed by atoms with Crippen LogP contribution in [-0.4, -0.2) is 6.03 Å². The molecule has 0 unspecified atom stereocenters. The Morgan fingerprint density at radius 1 is 0.909 bits per heavy atom. The molecule has 0 aromatic heterocycles. The first-order valence-corrected chi connectivity index (χ1v) is 6.82. The molecule has 0 heterocycles. The molecule has 3 rings (SSSR count). The van der Waals surface area contributed by atoms with E-state index >= 15 is 0 Å². The third-order valence-corrected chi connectivity index (χ3v) is 3.29. The summed E-state index contributed by atoms with van der Waals surface area (Å²) in [5, 5.41) is 16.5. The van der Waals surface area contributed by atoms with Gasteiger partial charge in [0.1, 0.15) is 0 Å². The van der Waals surface area contributed by atoms with E-state index in [0.717, 1.165) is 16.5 Å². The lowest BCUT2D eigenvalue weighted by Crippen LogP contribution is -2.19. The molecule has 0 aliphatic heterocycles. The number of nitrogens with one attached hydrogen (secondary N) is 2. The van der Waals surface area contributed by atoms with Crippen LogP contribution in [0.25, 0.3) is 10.8 Å². The molecule has 0 aliphatic rings. The fraction of sp³-hybridized carbons (Fsp3) is 0. The van der Waals surface area contributed by atoms with Gasteiger partial charge in [-0.1, -0.05) is 42.5 Å². The Morgan fingerprint density at radius 3 is 2.55 bits per heavy atom. The van der Waals surface area contributed by atoms with Crippen LogP contribution in [-0.2, 0) is 0 Å². The molecule has 0 saturated carbocycles. The van der Waals surface area contributed by atoms with E-state index in [2.05, 4.69) is 10.6 Å². The summed E-state index contributed by atoms with van der Waals surface area (Å²) in [7, 11) is 0. The number of amides is 2. The number of hydrogen-bond donors (Lipinski definition) is 2. The van der Waals surface area contributed by atoms with Gasteiger partial charge in [-0.05, 0) is 29.7 Å². The highest BCUT2D eigenvalue weighted by atomic mass is 16.2. The van der Waals surface area contributed by atoms with Crippen LogP contribution in [0.5, 0.6) is 0 Å². The quantitative estimate of drug-likeness (QED) is 0.735. The second-order valence-corrected chi connectivity index (χ2v) is 4.80. The summed E-state index contributed by atoms with van der Waals surface area (Å²) in [6, 6.07) is 22.1. The largest absolute Gasteiger partial charge is 0.323 e. The monoisotopic (exact) mass is 287 g/mol. The SMILES string of the molecule is N#Cc1cccc(NC(=O)Nc2cccc3ccccc23)c1. The molecule has 4 nitrogen and oxygen atoms in total. The highest BCUT2D eigenvalue weighted by molar-refractivity contribution is 6.06. The van der Waals surface area contributed by atoms with Crippen molar-refractivity contribution < 1.29 is 4.79 Å². The van der Waals surface area contributed by atoms with Gasteiger partial charge >= 0.3 is 6.03 Å². The van der Waals surface area contributed by atoms with E-state index in [0.29, 0.717) is 11.3 Å². The average Bonchev–Trinajstić information content (AvgIpc) is 2.55. The zero-order valence-corrected chi connectivity index (χ0v) is 11.7. The second-order valence-electron chi connectivity index (χ2n) is 4.80. The van der Waals surface area contributed by atoms with Crippen molar-refractivity contribution in [2.75, 3.05) is 10.6 Å². The van der Waals surface area contributed by atoms with Gasteiger partial charge in [0.15, 0.2) is 0 Å². The highest BCUT2D eigenvalue weighted by Crippen LogP contribution is 2.23. The first kappa shape index (κ1) is 13.7. The van der Waals surface area contributed by atoms with E-state index < -0.39 is 0 Å². The number of carbonyl (C=O) groups excluding carboxylic acids is 1. The molecule has 0 saturated heterocycles. The molecule has 3 aromatic carbocycles. The van der Waals surface area contributed by atoms with Crippen LogP contribution in [0.1, 0.15) is 5.56 Å². The standard InChI is InChI=1S/C18H13N3O/c19-12-13-5-3-8-15(11-13)20-18(22)21-17-10-4-7-14-6-1-2-9-16(14)17/h1-11H,(H2,20,21,22). The minimum absolute atomic E-state index is 0.341. The fourth-order valence-corrected chi connectivity index (χ4v) is 2.29. The van der Waals surface area contributed by atoms with Crippen molar-refractivity contribution in [3.05, 3.63) is 72.3 Å². The minimum Gasteiger partial charge on any atom is -0.308 e. The van der Waals surface area contributed by atoms with Gasteiger partial charge in [-0.2, -0.15) is 5.26 Å². The number of fused-ring (bicyclic) bond motifs is 1. The van der Waals surface area contributed by atoms with Crippen LogP contribution in [0.3, 0.4) is 0 Å². The molecule has 106 valence electrons. The average molecular weight is 287 g/mol. The Hall–Kier alpha value is -3.32. The van der Waals surface area contributed by atoms with Crippen molar-refractivity contribution in [1.29, 1.82) is 5.26 Å². The third-order valence-electron chi connectivity index (χ3n) is 3.29. The number of hydrogen-bond acceptors (Lipinski definition) is 2. The highest BCUT2D eigenvalue weighted by Gasteiger charge is 2.06. The van der Waals surface area contributed by atoms with Crippen molar-refractivity contribution in [2.24, 2.45) is 0 Å². The van der Waals surface area contributed by atoms with E-state index in [1.807, 2.05) is 48.5 Å². The van der Waals surface area contributed by atoms with Crippen LogP contribution in [0.4, 0.5) is 16.2 Å². The van der Waals surface area contributed by atoms with Crippen LogP contribution < -0.4 is 10.6 Å². The smallest absolute Gasteiger partial charge is 0.308 e. The summed E-state index contributed by atoms with van der Waals surface area (Å²) >= 11 is 0. The van der Waals surface area contributed by atoms with Gasteiger partial charge in [-0.15, -0.1) is 0 Å². The lowest BCUT2D eigenvalue weighted by Gasteiger charge is -2.10. The van der Waals surface area contributed by atoms with Crippen molar-refractivity contribution in [1.82, 2.24) is 0 Å². The van der Waals surface area contributed by atoms with Crippen molar-refractivity contribution >= 4 is 28.2 Å². The van der Waals surface area contributed by atoms with E-state index in [1.165, 1.54) is 0 Å². The van der Waals surface area contributed by atoms with E-state index in [1.54, 1.807) is 24.3 Å². The van der Waals surface area contributed by atoms with Crippen molar-refractivity contribution in [3.63, 3.8) is 0 Å². The number of nitriles is 1. The molecule has 22 heavy (non-hydrogen) atoms. The molecule has 2 amide bonds. The molecular weight excluding hydrogens is 274 g/mol. The van der Waals surface area contributed by atoms with E-state index in [9.17, 15) is 4.79 Å². The maximum absolute atomic E-state index is 12.1. The fourth-order valence-electron chi connectivity index (χ4n) is 2.29. The molecule has 0 bridgehead atoms. The minimum atomic E-state index is -0.341. The van der Waals surface area contributed by atoms with E-state index in [4.69, 9.17) is 5.26 Å². The Labute approximate surface area is 128 Å². The maximum atomic E-state index is 12.1. The predicted octanol–water partition coefficient (Wildman–Crippen LogP) is 4.36. The lowest BCUT2D eigenvalue weighted by molar-refractivity contribution is 0.262. The van der Waals surface area contributed by atoms with Gasteiger partial charge in [0.05, 0.1) is 17.3 Å². The number of carbonyl (C=O) groups is 1. The summed E-state index contributed by atoms with van der Waals surface area (Å²) in [5.74, 6) is 0. The third kappa shape index (κ3) is 2.89. The van der Waals surface area contributed by atoms with Gasteiger partial charge in [0.25, 0.3) is 0 Å². The second kappa shape index (κ2) is 5.98. The molecule has 3 aromatic rings. The molecule has 0 radical (unpaired) electrons. The molecule has 0 aliphatic carbocycles. The van der Waals surface area contributed by atoms with Gasteiger partial charge in [-0.25, -0.2) is 4.79 Å². The Bertz CT molecular complexity index is 875. The van der Waals surface area contributed by atoms with Gasteiger partial charge < -0.3 is 10.6 Å². The van der Waals surface area contributed by atoms with Crippen LogP contribution in [0.2, 0.25) is 0 Å². The number of urea groups is 1. The topological polar surface area (TPSA) is 64.9 Å². The molecule has 2 N–H and O–H groups in total.